The zero-order valence-electron chi connectivity index (χ0n) is 21.4. The first-order chi connectivity index (χ1) is 17.6. The maximum atomic E-state index is 12.7. The first-order valence-corrected chi connectivity index (χ1v) is 12.2. The first kappa shape index (κ1) is 27.6. The molecule has 9 heteroatoms. The number of carboxylic acids is 2. The highest BCUT2D eigenvalue weighted by molar-refractivity contribution is 6.11. The Kier molecular flexibility index (Phi) is 9.57. The fourth-order valence-electron chi connectivity index (χ4n) is 4.18. The summed E-state index contributed by atoms with van der Waals surface area (Å²) in [5.41, 5.74) is 5.44. The number of anilines is 1. The van der Waals surface area contributed by atoms with E-state index in [1.54, 1.807) is 5.01 Å². The Hall–Kier alpha value is -3.98. The lowest BCUT2D eigenvalue weighted by Gasteiger charge is -2.33. The highest BCUT2D eigenvalue weighted by atomic mass is 16.5. The molecule has 2 N–H and O–H groups in total. The molecule has 1 aliphatic heterocycles. The van der Waals surface area contributed by atoms with Crippen LogP contribution in [0.5, 0.6) is 5.75 Å². The van der Waals surface area contributed by atoms with Crippen LogP contribution in [0.1, 0.15) is 36.0 Å². The molecule has 0 bridgehead atoms. The van der Waals surface area contributed by atoms with Gasteiger partial charge in [-0.25, -0.2) is 14.6 Å². The van der Waals surface area contributed by atoms with Crippen LogP contribution in [-0.4, -0.2) is 65.9 Å². The topological polar surface area (TPSA) is 120 Å². The summed E-state index contributed by atoms with van der Waals surface area (Å²) in [6.07, 6.45) is 4.58. The summed E-state index contributed by atoms with van der Waals surface area (Å²) in [7, 11) is 4.14. The van der Waals surface area contributed by atoms with Gasteiger partial charge in [0.25, 0.3) is 0 Å². The number of fused-ring (bicyclic) bond motifs is 3. The first-order valence-electron chi connectivity index (χ1n) is 12.2. The number of rotatable bonds is 8. The number of hydrazone groups is 1. The zero-order valence-corrected chi connectivity index (χ0v) is 21.4. The molecule has 0 saturated heterocycles. The van der Waals surface area contributed by atoms with E-state index in [1.807, 2.05) is 31.2 Å². The molecule has 0 aromatic heterocycles. The summed E-state index contributed by atoms with van der Waals surface area (Å²) >= 11 is 0. The molecule has 1 unspecified atom stereocenters. The average Bonchev–Trinajstić information content (AvgIpc) is 2.85. The molecule has 196 valence electrons. The number of aliphatic carboxylic acids is 2. The number of benzene rings is 2. The summed E-state index contributed by atoms with van der Waals surface area (Å²) < 4.78 is 5.99. The summed E-state index contributed by atoms with van der Waals surface area (Å²) in [6, 6.07) is 14.3. The number of hydrogen-bond donors (Lipinski definition) is 2. The van der Waals surface area contributed by atoms with E-state index in [0.717, 1.165) is 48.5 Å². The Balaban J connectivity index is 0.000000414. The number of nitrogens with zero attached hydrogens (tertiary/aromatic N) is 3. The van der Waals surface area contributed by atoms with Crippen LogP contribution in [0.25, 0.3) is 0 Å². The largest absolute Gasteiger partial charge is 0.494 e. The minimum atomic E-state index is -1.26. The molecule has 1 heterocycles. The molecule has 2 aromatic carbocycles. The van der Waals surface area contributed by atoms with E-state index in [2.05, 4.69) is 37.2 Å². The molecular formula is C28H33N3O6. The van der Waals surface area contributed by atoms with Crippen LogP contribution < -0.4 is 9.75 Å². The molecule has 37 heavy (non-hydrogen) atoms. The van der Waals surface area contributed by atoms with Crippen LogP contribution in [0.15, 0.2) is 59.7 Å². The maximum Gasteiger partial charge on any atom is 0.328 e. The Morgan fingerprint density at radius 1 is 1.11 bits per heavy atom. The van der Waals surface area contributed by atoms with Gasteiger partial charge in [0.2, 0.25) is 5.91 Å². The number of ether oxygens (including phenoxy) is 1. The van der Waals surface area contributed by atoms with Crippen molar-refractivity contribution in [1.29, 1.82) is 0 Å². The molecule has 1 aliphatic carbocycles. The van der Waals surface area contributed by atoms with E-state index in [0.29, 0.717) is 25.2 Å². The molecule has 0 saturated carbocycles. The van der Waals surface area contributed by atoms with Crippen molar-refractivity contribution in [2.75, 3.05) is 32.3 Å². The van der Waals surface area contributed by atoms with Crippen LogP contribution in [0.2, 0.25) is 0 Å². The third kappa shape index (κ3) is 8.01. The monoisotopic (exact) mass is 507 g/mol. The van der Waals surface area contributed by atoms with Crippen LogP contribution >= 0.6 is 0 Å². The summed E-state index contributed by atoms with van der Waals surface area (Å²) in [6.45, 7) is 3.75. The fraction of sp³-hybridized carbons (Fsp3) is 0.357. The summed E-state index contributed by atoms with van der Waals surface area (Å²) in [4.78, 5) is 34.0. The number of carboxylic acid groups (broad SMARTS) is 2. The number of carbonyl (C=O) groups is 3. The van der Waals surface area contributed by atoms with E-state index < -0.39 is 11.9 Å². The molecule has 0 fully saturated rings. The SMILES string of the molecule is Cc1ccc(N2N=C3c4cc(OCCCN(C)C)ccc4CCC3CC2=O)cc1.O=C(O)/C=C\C(=O)O. The molecule has 1 atom stereocenters. The molecule has 0 spiro atoms. The Labute approximate surface area is 216 Å². The van der Waals surface area contributed by atoms with Crippen molar-refractivity contribution in [2.24, 2.45) is 11.0 Å². The smallest absolute Gasteiger partial charge is 0.328 e. The van der Waals surface area contributed by atoms with Crippen LogP contribution in [0, 0.1) is 12.8 Å². The van der Waals surface area contributed by atoms with E-state index in [1.165, 1.54) is 11.1 Å². The lowest BCUT2D eigenvalue weighted by Crippen LogP contribution is -2.39. The predicted molar refractivity (Wildman–Crippen MR) is 141 cm³/mol. The second kappa shape index (κ2) is 12.8. The van der Waals surface area contributed by atoms with Crippen molar-refractivity contribution in [3.05, 3.63) is 71.3 Å². The number of aryl methyl sites for hydroxylation is 2. The molecular weight excluding hydrogens is 474 g/mol. The van der Waals surface area contributed by atoms with Gasteiger partial charge in [0.15, 0.2) is 0 Å². The van der Waals surface area contributed by atoms with Crippen LogP contribution in [-0.2, 0) is 20.8 Å². The number of carbonyl (C=O) groups excluding carboxylic acids is 1. The van der Waals surface area contributed by atoms with Crippen molar-refractivity contribution >= 4 is 29.2 Å². The van der Waals surface area contributed by atoms with Crippen molar-refractivity contribution in [3.8, 4) is 5.75 Å². The third-order valence-electron chi connectivity index (χ3n) is 6.04. The lowest BCUT2D eigenvalue weighted by molar-refractivity contribution is -0.134. The highest BCUT2D eigenvalue weighted by Gasteiger charge is 2.34. The quantitative estimate of drug-likeness (QED) is 0.413. The molecule has 9 nitrogen and oxygen atoms in total. The van der Waals surface area contributed by atoms with E-state index in [-0.39, 0.29) is 11.8 Å². The van der Waals surface area contributed by atoms with Gasteiger partial charge < -0.3 is 19.8 Å². The van der Waals surface area contributed by atoms with Crippen LogP contribution in [0.4, 0.5) is 5.69 Å². The van der Waals surface area contributed by atoms with Gasteiger partial charge in [-0.2, -0.15) is 5.10 Å². The van der Waals surface area contributed by atoms with E-state index in [9.17, 15) is 14.4 Å². The molecule has 2 aliphatic rings. The van der Waals surface area contributed by atoms with Crippen LogP contribution in [0.3, 0.4) is 0 Å². The molecule has 0 radical (unpaired) electrons. The molecule has 1 amide bonds. The van der Waals surface area contributed by atoms with E-state index in [4.69, 9.17) is 20.1 Å². The van der Waals surface area contributed by atoms with Gasteiger partial charge in [-0.1, -0.05) is 23.8 Å². The highest BCUT2D eigenvalue weighted by Crippen LogP contribution is 2.35. The second-order valence-electron chi connectivity index (χ2n) is 9.30. The maximum absolute atomic E-state index is 12.7. The molecule has 4 rings (SSSR count). The normalized spacial score (nSPS) is 16.4. The summed E-state index contributed by atoms with van der Waals surface area (Å²) in [5, 5.41) is 22.0. The second-order valence-corrected chi connectivity index (χ2v) is 9.30. The van der Waals surface area contributed by atoms with Crippen molar-refractivity contribution < 1.29 is 29.3 Å². The minimum Gasteiger partial charge on any atom is -0.494 e. The van der Waals surface area contributed by atoms with Crippen molar-refractivity contribution in [2.45, 2.75) is 32.6 Å². The predicted octanol–water partition coefficient (Wildman–Crippen LogP) is 3.74. The number of amides is 1. The van der Waals surface area contributed by atoms with Crippen molar-refractivity contribution in [3.63, 3.8) is 0 Å². The van der Waals surface area contributed by atoms with Gasteiger partial charge in [-0.3, -0.25) is 4.79 Å². The standard InChI is InChI=1S/C24H29N3O2.C4H4O4/c1-17-5-10-20(11-6-17)27-23(28)15-19-8-7-18-9-12-21(16-22(18)24(19)25-27)29-14-4-13-26(2)3;5-3(6)1-2-4(7)8/h5-6,9-12,16,19H,4,7-8,13-15H2,1-3H3;1-2H,(H,5,6)(H,7,8)/b;2-1-. The average molecular weight is 508 g/mol. The Morgan fingerprint density at radius 2 is 1.78 bits per heavy atom. The Bertz CT molecular complexity index is 1170. The number of hydrogen-bond acceptors (Lipinski definition) is 6. The van der Waals surface area contributed by atoms with Gasteiger partial charge in [-0.05, 0) is 70.1 Å². The lowest BCUT2D eigenvalue weighted by atomic mass is 9.79. The zero-order chi connectivity index (χ0) is 26.9. The van der Waals surface area contributed by atoms with Crippen molar-refractivity contribution in [1.82, 2.24) is 4.90 Å². The van der Waals surface area contributed by atoms with Gasteiger partial charge in [0.1, 0.15) is 5.75 Å². The summed E-state index contributed by atoms with van der Waals surface area (Å²) in [5.74, 6) is -1.37. The molecule has 2 aromatic rings. The Morgan fingerprint density at radius 3 is 2.41 bits per heavy atom. The van der Waals surface area contributed by atoms with Gasteiger partial charge in [-0.15, -0.1) is 0 Å². The van der Waals surface area contributed by atoms with Gasteiger partial charge in [0, 0.05) is 36.6 Å². The minimum absolute atomic E-state index is 0.0714. The third-order valence-corrected chi connectivity index (χ3v) is 6.04. The van der Waals surface area contributed by atoms with Gasteiger partial charge in [0.05, 0.1) is 18.0 Å². The van der Waals surface area contributed by atoms with Gasteiger partial charge >= 0.3 is 11.9 Å². The fourth-order valence-corrected chi connectivity index (χ4v) is 4.18. The van der Waals surface area contributed by atoms with E-state index >= 15 is 0 Å².